The van der Waals surface area contributed by atoms with Crippen molar-refractivity contribution < 1.29 is 14.3 Å². The average molecular weight is 408 g/mol. The molecule has 0 aliphatic carbocycles. The van der Waals surface area contributed by atoms with Gasteiger partial charge in [-0.3, -0.25) is 4.79 Å². The molecular formula is C24H29N3O3. The first kappa shape index (κ1) is 20.3. The zero-order chi connectivity index (χ0) is 21.3. The van der Waals surface area contributed by atoms with Gasteiger partial charge in [-0.25, -0.2) is 4.99 Å². The summed E-state index contributed by atoms with van der Waals surface area (Å²) >= 11 is 0. The third-order valence-corrected chi connectivity index (χ3v) is 5.57. The number of amides is 1. The Balaban J connectivity index is 1.67. The minimum atomic E-state index is 0.112. The van der Waals surface area contributed by atoms with Crippen LogP contribution in [0.15, 0.2) is 47.5 Å². The molecule has 1 atom stereocenters. The summed E-state index contributed by atoms with van der Waals surface area (Å²) in [5.41, 5.74) is 1.70. The van der Waals surface area contributed by atoms with Crippen molar-refractivity contribution in [2.75, 3.05) is 26.7 Å². The molecule has 158 valence electrons. The molecule has 0 radical (unpaired) electrons. The smallest absolute Gasteiger partial charge is 0.223 e. The molecule has 1 fully saturated rings. The molecule has 0 N–H and O–H groups in total. The maximum atomic E-state index is 12.6. The van der Waals surface area contributed by atoms with Crippen LogP contribution in [0.25, 0.3) is 0 Å². The van der Waals surface area contributed by atoms with Crippen LogP contribution in [-0.4, -0.2) is 54.3 Å². The van der Waals surface area contributed by atoms with E-state index in [9.17, 15) is 4.79 Å². The largest absolute Gasteiger partial charge is 0.497 e. The zero-order valence-corrected chi connectivity index (χ0v) is 18.1. The van der Waals surface area contributed by atoms with Crippen LogP contribution in [0.5, 0.6) is 17.2 Å². The van der Waals surface area contributed by atoms with E-state index in [2.05, 4.69) is 25.7 Å². The summed E-state index contributed by atoms with van der Waals surface area (Å²) in [4.78, 5) is 21.9. The van der Waals surface area contributed by atoms with E-state index in [4.69, 9.17) is 14.5 Å². The number of hydrogen-bond donors (Lipinski definition) is 0. The molecule has 6 nitrogen and oxygen atoms in total. The lowest BCUT2D eigenvalue weighted by Crippen LogP contribution is -2.55. The van der Waals surface area contributed by atoms with Gasteiger partial charge in [-0.05, 0) is 43.2 Å². The molecule has 4 rings (SSSR count). The molecule has 1 saturated heterocycles. The molecule has 1 amide bonds. The highest BCUT2D eigenvalue weighted by Crippen LogP contribution is 2.39. The van der Waals surface area contributed by atoms with Crippen LogP contribution in [0.4, 0.5) is 5.69 Å². The number of nitrogens with zero attached hydrogens (tertiary/aromatic N) is 3. The highest BCUT2D eigenvalue weighted by atomic mass is 16.5. The van der Waals surface area contributed by atoms with Crippen LogP contribution in [0.1, 0.15) is 32.8 Å². The second kappa shape index (κ2) is 8.38. The Hall–Kier alpha value is -3.02. The van der Waals surface area contributed by atoms with Crippen LogP contribution in [0.3, 0.4) is 0 Å². The standard InChI is InChI=1S/C24H29N3O3/c1-16(2)13-23(28)27-12-11-26(15-17(27)3)24-19-14-18(29-4)9-10-21(19)30-22-8-6-5-7-20(22)25-24/h5-10,14,16-17H,11-13,15H2,1-4H3/t17-/m1/s1. The van der Waals surface area contributed by atoms with E-state index < -0.39 is 0 Å². The lowest BCUT2D eigenvalue weighted by Gasteiger charge is -2.41. The summed E-state index contributed by atoms with van der Waals surface area (Å²) in [6, 6.07) is 13.7. The molecule has 0 spiro atoms. The second-order valence-corrected chi connectivity index (χ2v) is 8.35. The first-order chi connectivity index (χ1) is 14.5. The highest BCUT2D eigenvalue weighted by molar-refractivity contribution is 6.04. The molecule has 6 heteroatoms. The van der Waals surface area contributed by atoms with Gasteiger partial charge in [0.15, 0.2) is 5.75 Å². The van der Waals surface area contributed by atoms with Gasteiger partial charge >= 0.3 is 0 Å². The number of aliphatic imine (C=N–C) groups is 1. The number of hydrogen-bond acceptors (Lipinski definition) is 5. The Morgan fingerprint density at radius 2 is 2.00 bits per heavy atom. The number of piperazine rings is 1. The Morgan fingerprint density at radius 3 is 2.73 bits per heavy atom. The second-order valence-electron chi connectivity index (χ2n) is 8.35. The molecule has 0 saturated carbocycles. The summed E-state index contributed by atoms with van der Waals surface area (Å²) in [5.74, 6) is 3.70. The lowest BCUT2D eigenvalue weighted by molar-refractivity contribution is -0.135. The molecule has 0 unspecified atom stereocenters. The third-order valence-electron chi connectivity index (χ3n) is 5.57. The quantitative estimate of drug-likeness (QED) is 0.754. The molecule has 2 aromatic carbocycles. The Morgan fingerprint density at radius 1 is 1.20 bits per heavy atom. The molecule has 2 aliphatic rings. The van der Waals surface area contributed by atoms with Crippen LogP contribution in [0.2, 0.25) is 0 Å². The van der Waals surface area contributed by atoms with E-state index in [-0.39, 0.29) is 11.9 Å². The average Bonchev–Trinajstić information content (AvgIpc) is 2.89. The van der Waals surface area contributed by atoms with Crippen LogP contribution >= 0.6 is 0 Å². The predicted molar refractivity (Wildman–Crippen MR) is 118 cm³/mol. The van der Waals surface area contributed by atoms with Crippen molar-refractivity contribution in [3.05, 3.63) is 48.0 Å². The Bertz CT molecular complexity index is 970. The van der Waals surface area contributed by atoms with Gasteiger partial charge in [0.25, 0.3) is 0 Å². The fraction of sp³-hybridized carbons (Fsp3) is 0.417. The normalized spacial score (nSPS) is 18.2. The van der Waals surface area contributed by atoms with Gasteiger partial charge < -0.3 is 19.3 Å². The first-order valence-electron chi connectivity index (χ1n) is 10.5. The fourth-order valence-electron chi connectivity index (χ4n) is 4.06. The van der Waals surface area contributed by atoms with Crippen LogP contribution in [0, 0.1) is 5.92 Å². The molecule has 0 bridgehead atoms. The number of methoxy groups -OCH3 is 1. The summed E-state index contributed by atoms with van der Waals surface area (Å²) in [6.07, 6.45) is 0.590. The van der Waals surface area contributed by atoms with Gasteiger partial charge in [-0.2, -0.15) is 0 Å². The first-order valence-corrected chi connectivity index (χ1v) is 10.5. The molecule has 2 heterocycles. The molecular weight excluding hydrogens is 378 g/mol. The topological polar surface area (TPSA) is 54.4 Å². The monoisotopic (exact) mass is 407 g/mol. The highest BCUT2D eigenvalue weighted by Gasteiger charge is 2.31. The van der Waals surface area contributed by atoms with Crippen LogP contribution < -0.4 is 9.47 Å². The number of para-hydroxylation sites is 2. The fourth-order valence-corrected chi connectivity index (χ4v) is 4.06. The van der Waals surface area contributed by atoms with E-state index in [0.29, 0.717) is 18.9 Å². The Kier molecular flexibility index (Phi) is 5.66. The summed E-state index contributed by atoms with van der Waals surface area (Å²) < 4.78 is 11.7. The maximum Gasteiger partial charge on any atom is 0.223 e. The van der Waals surface area contributed by atoms with Crippen molar-refractivity contribution >= 4 is 17.4 Å². The van der Waals surface area contributed by atoms with Crippen molar-refractivity contribution in [2.24, 2.45) is 10.9 Å². The number of fused-ring (bicyclic) bond motifs is 2. The number of carbonyl (C=O) groups is 1. The summed E-state index contributed by atoms with van der Waals surface area (Å²) in [5, 5.41) is 0. The van der Waals surface area contributed by atoms with Gasteiger partial charge in [-0.15, -0.1) is 0 Å². The van der Waals surface area contributed by atoms with E-state index in [1.54, 1.807) is 7.11 Å². The maximum absolute atomic E-state index is 12.6. The van der Waals surface area contributed by atoms with Crippen molar-refractivity contribution in [2.45, 2.75) is 33.2 Å². The number of amidine groups is 1. The SMILES string of the molecule is COc1ccc2c(c1)C(N1CCN(C(=O)CC(C)C)[C@H](C)C1)=Nc1ccccc1O2. The number of rotatable bonds is 3. The van der Waals surface area contributed by atoms with Gasteiger partial charge in [0.1, 0.15) is 23.0 Å². The molecule has 2 aliphatic heterocycles. The van der Waals surface area contributed by atoms with Gasteiger partial charge in [-0.1, -0.05) is 26.0 Å². The van der Waals surface area contributed by atoms with Gasteiger partial charge in [0.2, 0.25) is 5.91 Å². The molecule has 30 heavy (non-hydrogen) atoms. The van der Waals surface area contributed by atoms with E-state index in [0.717, 1.165) is 47.4 Å². The van der Waals surface area contributed by atoms with Crippen LogP contribution in [-0.2, 0) is 4.79 Å². The van der Waals surface area contributed by atoms with Gasteiger partial charge in [0.05, 0.1) is 12.7 Å². The van der Waals surface area contributed by atoms with Crippen molar-refractivity contribution in [3.8, 4) is 17.2 Å². The lowest BCUT2D eigenvalue weighted by atomic mass is 10.1. The predicted octanol–water partition coefficient (Wildman–Crippen LogP) is 4.46. The zero-order valence-electron chi connectivity index (χ0n) is 18.1. The van der Waals surface area contributed by atoms with Crippen molar-refractivity contribution in [3.63, 3.8) is 0 Å². The van der Waals surface area contributed by atoms with E-state index in [1.807, 2.05) is 47.4 Å². The minimum Gasteiger partial charge on any atom is -0.497 e. The Labute approximate surface area is 178 Å². The van der Waals surface area contributed by atoms with E-state index in [1.165, 1.54) is 0 Å². The van der Waals surface area contributed by atoms with Crippen molar-refractivity contribution in [1.82, 2.24) is 9.80 Å². The number of carbonyl (C=O) groups excluding carboxylic acids is 1. The third kappa shape index (κ3) is 3.99. The van der Waals surface area contributed by atoms with Gasteiger partial charge in [0, 0.05) is 32.1 Å². The summed E-state index contributed by atoms with van der Waals surface area (Å²) in [7, 11) is 1.66. The molecule has 0 aromatic heterocycles. The minimum absolute atomic E-state index is 0.112. The molecule has 2 aromatic rings. The number of ether oxygens (including phenoxy) is 2. The van der Waals surface area contributed by atoms with E-state index >= 15 is 0 Å². The van der Waals surface area contributed by atoms with Crippen molar-refractivity contribution in [1.29, 1.82) is 0 Å². The summed E-state index contributed by atoms with van der Waals surface area (Å²) in [6.45, 7) is 8.42. The number of benzene rings is 2.